The normalized spacial score (nSPS) is 11.3. The van der Waals surface area contributed by atoms with Crippen LogP contribution in [-0.4, -0.2) is 33.8 Å². The Morgan fingerprint density at radius 1 is 1.32 bits per heavy atom. The topological polar surface area (TPSA) is 71.8 Å². The van der Waals surface area contributed by atoms with Gasteiger partial charge in [-0.05, 0) is 11.8 Å². The number of nitrogens with zero attached hydrogens (tertiary/aromatic N) is 3. The summed E-state index contributed by atoms with van der Waals surface area (Å²) >= 11 is 0. The molecular weight excluding hydrogens is 242 g/mol. The molecule has 0 radical (unpaired) electrons. The second-order valence-electron chi connectivity index (χ2n) is 5.55. The quantitative estimate of drug-likeness (QED) is 0.730. The highest BCUT2D eigenvalue weighted by Gasteiger charge is 2.07. The van der Waals surface area contributed by atoms with Gasteiger partial charge in [0.05, 0.1) is 13.1 Å². The van der Waals surface area contributed by atoms with E-state index in [2.05, 4.69) is 48.4 Å². The van der Waals surface area contributed by atoms with Crippen molar-refractivity contribution in [3.63, 3.8) is 0 Å². The highest BCUT2D eigenvalue weighted by Crippen LogP contribution is 2.00. The Balaban J connectivity index is 2.29. The first-order valence-corrected chi connectivity index (χ1v) is 6.83. The average Bonchev–Trinajstić information content (AvgIpc) is 2.73. The summed E-state index contributed by atoms with van der Waals surface area (Å²) in [5, 5.41) is 10.1. The van der Waals surface area contributed by atoms with Crippen LogP contribution in [0.15, 0.2) is 6.33 Å². The third-order valence-electron chi connectivity index (χ3n) is 2.51. The van der Waals surface area contributed by atoms with Crippen LogP contribution in [0.25, 0.3) is 0 Å². The number of rotatable bonds is 8. The van der Waals surface area contributed by atoms with Gasteiger partial charge in [0, 0.05) is 13.1 Å². The smallest absolute Gasteiger partial charge is 0.233 e. The minimum atomic E-state index is 0.0172. The van der Waals surface area contributed by atoms with Crippen LogP contribution in [0.1, 0.15) is 33.5 Å². The summed E-state index contributed by atoms with van der Waals surface area (Å²) in [6.45, 7) is 10.8. The molecule has 0 fully saturated rings. The first kappa shape index (κ1) is 15.6. The molecule has 1 aromatic heterocycles. The fourth-order valence-corrected chi connectivity index (χ4v) is 1.59. The van der Waals surface area contributed by atoms with Crippen LogP contribution in [-0.2, 0) is 17.9 Å². The van der Waals surface area contributed by atoms with Crippen molar-refractivity contribution in [2.75, 3.05) is 13.1 Å². The molecule has 6 heteroatoms. The summed E-state index contributed by atoms with van der Waals surface area (Å²) < 4.78 is 1.88. The Morgan fingerprint density at radius 2 is 2.05 bits per heavy atom. The van der Waals surface area contributed by atoms with E-state index in [-0.39, 0.29) is 5.91 Å². The third kappa shape index (κ3) is 6.33. The van der Waals surface area contributed by atoms with Gasteiger partial charge in [0.2, 0.25) is 5.91 Å². The summed E-state index contributed by atoms with van der Waals surface area (Å²) in [5.74, 6) is 1.88. The van der Waals surface area contributed by atoms with Gasteiger partial charge >= 0.3 is 0 Å². The van der Waals surface area contributed by atoms with Crippen LogP contribution in [0.2, 0.25) is 0 Å². The molecule has 1 aromatic rings. The van der Waals surface area contributed by atoms with Crippen molar-refractivity contribution < 1.29 is 4.79 Å². The molecule has 0 spiro atoms. The number of amides is 1. The lowest BCUT2D eigenvalue weighted by Gasteiger charge is -2.10. The van der Waals surface area contributed by atoms with Gasteiger partial charge in [0.25, 0.3) is 0 Å². The van der Waals surface area contributed by atoms with Gasteiger partial charge in [0.15, 0.2) is 0 Å². The van der Waals surface area contributed by atoms with Crippen LogP contribution in [0.5, 0.6) is 0 Å². The molecule has 1 amide bonds. The van der Waals surface area contributed by atoms with E-state index in [1.54, 1.807) is 6.33 Å². The van der Waals surface area contributed by atoms with Gasteiger partial charge in [-0.3, -0.25) is 4.79 Å². The highest BCUT2D eigenvalue weighted by molar-refractivity contribution is 5.77. The molecule has 6 nitrogen and oxygen atoms in total. The van der Waals surface area contributed by atoms with Crippen molar-refractivity contribution in [3.05, 3.63) is 12.2 Å². The van der Waals surface area contributed by atoms with Gasteiger partial charge in [0.1, 0.15) is 12.2 Å². The van der Waals surface area contributed by atoms with E-state index in [0.29, 0.717) is 31.5 Å². The number of hydrogen-bond acceptors (Lipinski definition) is 4. The molecule has 1 rings (SSSR count). The van der Waals surface area contributed by atoms with Gasteiger partial charge < -0.3 is 10.6 Å². The summed E-state index contributed by atoms with van der Waals surface area (Å²) in [5.41, 5.74) is 0. The fraction of sp³-hybridized carbons (Fsp3) is 0.769. The van der Waals surface area contributed by atoms with Crippen LogP contribution < -0.4 is 10.6 Å². The number of carbonyl (C=O) groups is 1. The van der Waals surface area contributed by atoms with Gasteiger partial charge in [-0.15, -0.1) is 0 Å². The Labute approximate surface area is 115 Å². The zero-order valence-corrected chi connectivity index (χ0v) is 12.3. The molecule has 0 aliphatic heterocycles. The molecular formula is C13H25N5O. The predicted octanol–water partition coefficient (Wildman–Crippen LogP) is 0.796. The first-order chi connectivity index (χ1) is 8.99. The SMILES string of the molecule is CC(C)CNC(=O)CNCc1ncnn1CC(C)C. The predicted molar refractivity (Wildman–Crippen MR) is 74.4 cm³/mol. The van der Waals surface area contributed by atoms with Crippen molar-refractivity contribution in [3.8, 4) is 0 Å². The van der Waals surface area contributed by atoms with Crippen molar-refractivity contribution in [1.29, 1.82) is 0 Å². The summed E-state index contributed by atoms with van der Waals surface area (Å²) in [7, 11) is 0. The number of carbonyl (C=O) groups excluding carboxylic acids is 1. The van der Waals surface area contributed by atoms with Crippen molar-refractivity contribution in [2.24, 2.45) is 11.8 Å². The van der Waals surface area contributed by atoms with Crippen LogP contribution >= 0.6 is 0 Å². The number of nitrogens with one attached hydrogen (secondary N) is 2. The van der Waals surface area contributed by atoms with Crippen molar-refractivity contribution in [2.45, 2.75) is 40.8 Å². The largest absolute Gasteiger partial charge is 0.355 e. The molecule has 0 bridgehead atoms. The van der Waals surface area contributed by atoms with Gasteiger partial charge in [-0.2, -0.15) is 5.10 Å². The molecule has 0 aliphatic rings. The third-order valence-corrected chi connectivity index (χ3v) is 2.51. The molecule has 0 unspecified atom stereocenters. The average molecular weight is 267 g/mol. The molecule has 108 valence electrons. The van der Waals surface area contributed by atoms with E-state index in [9.17, 15) is 4.79 Å². The van der Waals surface area contributed by atoms with Crippen molar-refractivity contribution in [1.82, 2.24) is 25.4 Å². The molecule has 0 aliphatic carbocycles. The van der Waals surface area contributed by atoms with E-state index < -0.39 is 0 Å². The van der Waals surface area contributed by atoms with E-state index in [4.69, 9.17) is 0 Å². The molecule has 0 saturated carbocycles. The fourth-order valence-electron chi connectivity index (χ4n) is 1.59. The summed E-state index contributed by atoms with van der Waals surface area (Å²) in [4.78, 5) is 15.7. The Kier molecular flexibility index (Phi) is 6.49. The second-order valence-corrected chi connectivity index (χ2v) is 5.55. The zero-order valence-electron chi connectivity index (χ0n) is 12.3. The van der Waals surface area contributed by atoms with Crippen LogP contribution in [0, 0.1) is 11.8 Å². The van der Waals surface area contributed by atoms with Crippen molar-refractivity contribution >= 4 is 5.91 Å². The summed E-state index contributed by atoms with van der Waals surface area (Å²) in [6, 6.07) is 0. The van der Waals surface area contributed by atoms with E-state index in [1.807, 2.05) is 4.68 Å². The van der Waals surface area contributed by atoms with Gasteiger partial charge in [-0.25, -0.2) is 9.67 Å². The van der Waals surface area contributed by atoms with Gasteiger partial charge in [-0.1, -0.05) is 27.7 Å². The Bertz CT molecular complexity index is 386. The van der Waals surface area contributed by atoms with Crippen LogP contribution in [0.4, 0.5) is 0 Å². The second kappa shape index (κ2) is 7.89. The lowest BCUT2D eigenvalue weighted by Crippen LogP contribution is -2.36. The molecule has 0 saturated heterocycles. The lowest BCUT2D eigenvalue weighted by molar-refractivity contribution is -0.120. The number of aromatic nitrogens is 3. The zero-order chi connectivity index (χ0) is 14.3. The molecule has 1 heterocycles. The summed E-state index contributed by atoms with van der Waals surface area (Å²) in [6.07, 6.45) is 1.55. The first-order valence-electron chi connectivity index (χ1n) is 6.83. The Hall–Kier alpha value is -1.43. The minimum absolute atomic E-state index is 0.0172. The maximum absolute atomic E-state index is 11.5. The van der Waals surface area contributed by atoms with E-state index in [0.717, 1.165) is 12.4 Å². The maximum Gasteiger partial charge on any atom is 0.233 e. The molecule has 0 aromatic carbocycles. The maximum atomic E-state index is 11.5. The monoisotopic (exact) mass is 267 g/mol. The Morgan fingerprint density at radius 3 is 2.68 bits per heavy atom. The standard InChI is InChI=1S/C13H25N5O/c1-10(2)5-15-13(19)7-14-6-12-16-9-17-18(12)8-11(3)4/h9-11,14H,5-8H2,1-4H3,(H,15,19). The van der Waals surface area contributed by atoms with Crippen LogP contribution in [0.3, 0.4) is 0 Å². The molecule has 2 N–H and O–H groups in total. The van der Waals surface area contributed by atoms with E-state index in [1.165, 1.54) is 0 Å². The lowest BCUT2D eigenvalue weighted by atomic mass is 10.2. The minimum Gasteiger partial charge on any atom is -0.355 e. The van der Waals surface area contributed by atoms with E-state index >= 15 is 0 Å². The molecule has 19 heavy (non-hydrogen) atoms. The molecule has 0 atom stereocenters. The number of hydrogen-bond donors (Lipinski definition) is 2. The highest BCUT2D eigenvalue weighted by atomic mass is 16.1.